The Balaban J connectivity index is 2.87. The normalized spacial score (nSPS) is 12.9. The van der Waals surface area contributed by atoms with E-state index < -0.39 is 22.0 Å². The van der Waals surface area contributed by atoms with Crippen LogP contribution in [0.2, 0.25) is 0 Å². The van der Waals surface area contributed by atoms with Crippen LogP contribution in [0.4, 0.5) is 5.82 Å². The Bertz CT molecular complexity index is 545. The molecule has 1 unspecified atom stereocenters. The van der Waals surface area contributed by atoms with E-state index in [1.807, 2.05) is 6.92 Å². The SMILES string of the molecule is CCNc1cc(S(=O)(=O)NC(C)CC(N)=O)ccn1. The van der Waals surface area contributed by atoms with E-state index in [0.29, 0.717) is 12.4 Å². The number of nitrogens with zero attached hydrogens (tertiary/aromatic N) is 1. The van der Waals surface area contributed by atoms with Crippen LogP contribution in [0.15, 0.2) is 23.2 Å². The van der Waals surface area contributed by atoms with Crippen molar-refractivity contribution in [2.45, 2.75) is 31.2 Å². The maximum atomic E-state index is 12.1. The second-order valence-electron chi connectivity index (χ2n) is 4.10. The lowest BCUT2D eigenvalue weighted by atomic mass is 10.2. The molecule has 1 amide bonds. The highest BCUT2D eigenvalue weighted by molar-refractivity contribution is 7.89. The Hall–Kier alpha value is -1.67. The monoisotopic (exact) mass is 286 g/mol. The molecule has 1 heterocycles. The van der Waals surface area contributed by atoms with Gasteiger partial charge >= 0.3 is 0 Å². The first kappa shape index (κ1) is 15.4. The number of anilines is 1. The number of nitrogens with one attached hydrogen (secondary N) is 2. The van der Waals surface area contributed by atoms with Gasteiger partial charge in [-0.3, -0.25) is 4.79 Å². The molecule has 0 spiro atoms. The predicted molar refractivity (Wildman–Crippen MR) is 72.0 cm³/mol. The molecule has 0 aliphatic heterocycles. The van der Waals surface area contributed by atoms with Crippen LogP contribution in [0.25, 0.3) is 0 Å². The molecule has 106 valence electrons. The molecule has 1 aromatic heterocycles. The molecular formula is C11H18N4O3S. The zero-order chi connectivity index (χ0) is 14.5. The van der Waals surface area contributed by atoms with Crippen LogP contribution in [0, 0.1) is 0 Å². The molecule has 1 rings (SSSR count). The van der Waals surface area contributed by atoms with Crippen LogP contribution in [0.3, 0.4) is 0 Å². The lowest BCUT2D eigenvalue weighted by Gasteiger charge is -2.13. The van der Waals surface area contributed by atoms with Gasteiger partial charge < -0.3 is 11.1 Å². The van der Waals surface area contributed by atoms with Crippen LogP contribution < -0.4 is 15.8 Å². The van der Waals surface area contributed by atoms with Crippen molar-refractivity contribution >= 4 is 21.7 Å². The lowest BCUT2D eigenvalue weighted by molar-refractivity contribution is -0.118. The molecule has 0 aliphatic rings. The topological polar surface area (TPSA) is 114 Å². The average Bonchev–Trinajstić information content (AvgIpc) is 2.27. The van der Waals surface area contributed by atoms with E-state index in [9.17, 15) is 13.2 Å². The fourth-order valence-corrected chi connectivity index (χ4v) is 2.79. The molecule has 0 aromatic carbocycles. The Morgan fingerprint density at radius 2 is 2.21 bits per heavy atom. The molecule has 0 bridgehead atoms. The molecule has 4 N–H and O–H groups in total. The van der Waals surface area contributed by atoms with Gasteiger partial charge in [0.2, 0.25) is 15.9 Å². The minimum atomic E-state index is -3.68. The third kappa shape index (κ3) is 4.84. The summed E-state index contributed by atoms with van der Waals surface area (Å²) in [6.45, 7) is 4.10. The number of pyridine rings is 1. The molecule has 0 radical (unpaired) electrons. The second kappa shape index (κ2) is 6.48. The van der Waals surface area contributed by atoms with Crippen molar-refractivity contribution in [3.05, 3.63) is 18.3 Å². The van der Waals surface area contributed by atoms with Crippen molar-refractivity contribution in [1.82, 2.24) is 9.71 Å². The summed E-state index contributed by atoms with van der Waals surface area (Å²) in [6, 6.07) is 2.27. The minimum absolute atomic E-state index is 0.0512. The molecule has 1 atom stereocenters. The van der Waals surface area contributed by atoms with Crippen LogP contribution >= 0.6 is 0 Å². The second-order valence-corrected chi connectivity index (χ2v) is 5.81. The van der Waals surface area contributed by atoms with Crippen LogP contribution in [-0.2, 0) is 14.8 Å². The number of primary amides is 1. The summed E-state index contributed by atoms with van der Waals surface area (Å²) in [5, 5.41) is 2.93. The van der Waals surface area contributed by atoms with E-state index in [1.54, 1.807) is 6.92 Å². The number of carbonyl (C=O) groups is 1. The minimum Gasteiger partial charge on any atom is -0.370 e. The Labute approximate surface area is 112 Å². The molecule has 0 fully saturated rings. The van der Waals surface area contributed by atoms with Crippen LogP contribution in [-0.4, -0.2) is 31.9 Å². The van der Waals surface area contributed by atoms with Crippen molar-refractivity contribution in [2.75, 3.05) is 11.9 Å². The Kier molecular flexibility index (Phi) is 5.25. The molecule has 8 heteroatoms. The third-order valence-electron chi connectivity index (χ3n) is 2.26. The van der Waals surface area contributed by atoms with Gasteiger partial charge in [0, 0.05) is 31.3 Å². The first-order valence-electron chi connectivity index (χ1n) is 5.85. The summed E-state index contributed by atoms with van der Waals surface area (Å²) >= 11 is 0. The maximum absolute atomic E-state index is 12.1. The van der Waals surface area contributed by atoms with Gasteiger partial charge in [-0.1, -0.05) is 0 Å². The van der Waals surface area contributed by atoms with Gasteiger partial charge in [-0.05, 0) is 19.9 Å². The molecular weight excluding hydrogens is 268 g/mol. The third-order valence-corrected chi connectivity index (χ3v) is 3.85. The van der Waals surface area contributed by atoms with Gasteiger partial charge in [0.1, 0.15) is 5.82 Å². The summed E-state index contributed by atoms with van der Waals surface area (Å²) in [5.41, 5.74) is 5.02. The van der Waals surface area contributed by atoms with Crippen molar-refractivity contribution in [3.63, 3.8) is 0 Å². The van der Waals surface area contributed by atoms with Crippen LogP contribution in [0.1, 0.15) is 20.3 Å². The highest BCUT2D eigenvalue weighted by Crippen LogP contribution is 2.13. The molecule has 0 saturated heterocycles. The van der Waals surface area contributed by atoms with Gasteiger partial charge in [0.05, 0.1) is 4.90 Å². The van der Waals surface area contributed by atoms with E-state index in [2.05, 4.69) is 15.0 Å². The molecule has 0 saturated carbocycles. The predicted octanol–water partition coefficient (Wildman–Crippen LogP) is 0.0556. The number of rotatable bonds is 7. The molecule has 7 nitrogen and oxygen atoms in total. The standard InChI is InChI=1S/C11H18N4O3S/c1-3-13-11-7-9(4-5-14-11)19(17,18)15-8(2)6-10(12)16/h4-5,7-8,15H,3,6H2,1-2H3,(H2,12,16)(H,13,14). The molecule has 1 aromatic rings. The first-order chi connectivity index (χ1) is 8.85. The lowest BCUT2D eigenvalue weighted by Crippen LogP contribution is -2.35. The summed E-state index contributed by atoms with van der Waals surface area (Å²) in [5.74, 6) is -0.0776. The number of hydrogen-bond donors (Lipinski definition) is 3. The maximum Gasteiger partial charge on any atom is 0.241 e. The Morgan fingerprint density at radius 3 is 2.79 bits per heavy atom. The quantitative estimate of drug-likeness (QED) is 0.655. The fraction of sp³-hybridized carbons (Fsp3) is 0.455. The van der Waals surface area contributed by atoms with E-state index in [1.165, 1.54) is 18.3 Å². The number of sulfonamides is 1. The molecule has 0 aliphatic carbocycles. The summed E-state index contributed by atoms with van der Waals surface area (Å²) < 4.78 is 26.5. The highest BCUT2D eigenvalue weighted by Gasteiger charge is 2.19. The number of aromatic nitrogens is 1. The van der Waals surface area contributed by atoms with E-state index in [0.717, 1.165) is 0 Å². The van der Waals surface area contributed by atoms with E-state index in [-0.39, 0.29) is 11.3 Å². The fourth-order valence-electron chi connectivity index (χ4n) is 1.53. The van der Waals surface area contributed by atoms with E-state index in [4.69, 9.17) is 5.73 Å². The first-order valence-corrected chi connectivity index (χ1v) is 7.34. The van der Waals surface area contributed by atoms with Gasteiger partial charge in [0.25, 0.3) is 0 Å². The molecule has 19 heavy (non-hydrogen) atoms. The van der Waals surface area contributed by atoms with Crippen molar-refractivity contribution in [1.29, 1.82) is 0 Å². The van der Waals surface area contributed by atoms with E-state index >= 15 is 0 Å². The summed E-state index contributed by atoms with van der Waals surface area (Å²) in [6.07, 6.45) is 1.36. The van der Waals surface area contributed by atoms with Gasteiger partial charge in [-0.2, -0.15) is 0 Å². The average molecular weight is 286 g/mol. The van der Waals surface area contributed by atoms with Crippen molar-refractivity contribution < 1.29 is 13.2 Å². The number of carbonyl (C=O) groups excluding carboxylic acids is 1. The Morgan fingerprint density at radius 1 is 1.53 bits per heavy atom. The van der Waals surface area contributed by atoms with Crippen molar-refractivity contribution in [2.24, 2.45) is 5.73 Å². The number of nitrogens with two attached hydrogens (primary N) is 1. The van der Waals surface area contributed by atoms with Crippen molar-refractivity contribution in [3.8, 4) is 0 Å². The van der Waals surface area contributed by atoms with Gasteiger partial charge in [0.15, 0.2) is 0 Å². The number of hydrogen-bond acceptors (Lipinski definition) is 5. The zero-order valence-electron chi connectivity index (χ0n) is 10.9. The number of amides is 1. The summed E-state index contributed by atoms with van der Waals surface area (Å²) in [4.78, 5) is 14.8. The summed E-state index contributed by atoms with van der Waals surface area (Å²) in [7, 11) is -3.68. The van der Waals surface area contributed by atoms with Crippen LogP contribution in [0.5, 0.6) is 0 Å². The van der Waals surface area contributed by atoms with Gasteiger partial charge in [-0.15, -0.1) is 0 Å². The smallest absolute Gasteiger partial charge is 0.241 e. The largest absolute Gasteiger partial charge is 0.370 e. The highest BCUT2D eigenvalue weighted by atomic mass is 32.2. The zero-order valence-corrected chi connectivity index (χ0v) is 11.7. The van der Waals surface area contributed by atoms with Gasteiger partial charge in [-0.25, -0.2) is 18.1 Å².